The average molecular weight is 297 g/mol. The van der Waals surface area contributed by atoms with Crippen molar-refractivity contribution in [2.75, 3.05) is 0 Å². The number of benzene rings is 2. The van der Waals surface area contributed by atoms with Gasteiger partial charge in [-0.3, -0.25) is 0 Å². The zero-order valence-corrected chi connectivity index (χ0v) is 12.0. The van der Waals surface area contributed by atoms with Gasteiger partial charge in [-0.1, -0.05) is 47.0 Å². The van der Waals surface area contributed by atoms with Gasteiger partial charge in [-0.05, 0) is 30.7 Å². The fraction of sp³-hybridized carbons (Fsp3) is 0.200. The van der Waals surface area contributed by atoms with Crippen LogP contribution in [-0.2, 0) is 13.2 Å². The molecule has 2 nitrogen and oxygen atoms in total. The first-order valence-corrected chi connectivity index (χ1v) is 6.63. The Morgan fingerprint density at radius 1 is 1.05 bits per heavy atom. The number of halogens is 2. The molecule has 0 bridgehead atoms. The molecule has 0 aromatic heterocycles. The summed E-state index contributed by atoms with van der Waals surface area (Å²) in [6, 6.07) is 11.1. The Morgan fingerprint density at radius 2 is 1.84 bits per heavy atom. The van der Waals surface area contributed by atoms with E-state index in [1.54, 1.807) is 12.1 Å². The first-order valence-electron chi connectivity index (χ1n) is 5.87. The summed E-state index contributed by atoms with van der Waals surface area (Å²) in [7, 11) is 0. The molecule has 0 spiro atoms. The monoisotopic (exact) mass is 296 g/mol. The highest BCUT2D eigenvalue weighted by molar-refractivity contribution is 6.42. The summed E-state index contributed by atoms with van der Waals surface area (Å²) in [5.74, 6) is 0.680. The summed E-state index contributed by atoms with van der Waals surface area (Å²) in [6.07, 6.45) is 0. The molecule has 1 N–H and O–H groups in total. The maximum atomic E-state index is 9.30. The molecule has 2 aromatic rings. The molecule has 2 rings (SSSR count). The number of hydrogen-bond donors (Lipinski definition) is 1. The molecule has 0 aliphatic carbocycles. The van der Waals surface area contributed by atoms with Crippen molar-refractivity contribution >= 4 is 23.2 Å². The average Bonchev–Trinajstić information content (AvgIpc) is 2.41. The zero-order chi connectivity index (χ0) is 13.8. The van der Waals surface area contributed by atoms with Gasteiger partial charge in [-0.25, -0.2) is 0 Å². The quantitative estimate of drug-likeness (QED) is 0.908. The fourth-order valence-electron chi connectivity index (χ4n) is 1.76. The third-order valence-corrected chi connectivity index (χ3v) is 3.50. The van der Waals surface area contributed by atoms with Gasteiger partial charge in [0.25, 0.3) is 0 Å². The molecular weight excluding hydrogens is 283 g/mol. The van der Waals surface area contributed by atoms with E-state index in [0.717, 1.165) is 16.7 Å². The van der Waals surface area contributed by atoms with E-state index in [-0.39, 0.29) is 6.61 Å². The Bertz CT molecular complexity index is 582. The van der Waals surface area contributed by atoms with E-state index >= 15 is 0 Å². The topological polar surface area (TPSA) is 29.5 Å². The van der Waals surface area contributed by atoms with Gasteiger partial charge in [0.15, 0.2) is 0 Å². The lowest BCUT2D eigenvalue weighted by molar-refractivity contribution is 0.259. The third-order valence-electron chi connectivity index (χ3n) is 2.76. The second kappa shape index (κ2) is 6.29. The number of hydrogen-bond acceptors (Lipinski definition) is 2. The van der Waals surface area contributed by atoms with Gasteiger partial charge < -0.3 is 9.84 Å². The third kappa shape index (κ3) is 3.63. The number of aryl methyl sites for hydroxylation is 1. The van der Waals surface area contributed by atoms with E-state index in [0.29, 0.717) is 22.4 Å². The molecule has 100 valence electrons. The predicted molar refractivity (Wildman–Crippen MR) is 77.9 cm³/mol. The molecule has 0 heterocycles. The van der Waals surface area contributed by atoms with E-state index in [1.165, 1.54) is 0 Å². The molecule has 0 aliphatic heterocycles. The molecule has 0 unspecified atom stereocenters. The molecule has 0 saturated carbocycles. The van der Waals surface area contributed by atoms with Crippen molar-refractivity contribution in [3.8, 4) is 5.75 Å². The molecule has 2 aromatic carbocycles. The molecule has 0 aliphatic rings. The molecule has 0 fully saturated rings. The van der Waals surface area contributed by atoms with E-state index in [9.17, 15) is 5.11 Å². The molecule has 19 heavy (non-hydrogen) atoms. The van der Waals surface area contributed by atoms with Crippen LogP contribution >= 0.6 is 23.2 Å². The van der Waals surface area contributed by atoms with Crippen molar-refractivity contribution in [2.24, 2.45) is 0 Å². The molecule has 0 amide bonds. The number of rotatable bonds is 4. The van der Waals surface area contributed by atoms with Crippen molar-refractivity contribution in [3.63, 3.8) is 0 Å². The van der Waals surface area contributed by atoms with Gasteiger partial charge in [0.05, 0.1) is 16.7 Å². The van der Waals surface area contributed by atoms with Crippen molar-refractivity contribution < 1.29 is 9.84 Å². The van der Waals surface area contributed by atoms with Gasteiger partial charge in [0.2, 0.25) is 0 Å². The maximum absolute atomic E-state index is 9.30. The summed E-state index contributed by atoms with van der Waals surface area (Å²) in [4.78, 5) is 0. The molecule has 0 atom stereocenters. The van der Waals surface area contributed by atoms with Crippen LogP contribution in [0.15, 0.2) is 36.4 Å². The van der Waals surface area contributed by atoms with Crippen LogP contribution in [-0.4, -0.2) is 5.11 Å². The smallest absolute Gasteiger partial charge is 0.125 e. The van der Waals surface area contributed by atoms with Gasteiger partial charge >= 0.3 is 0 Å². The lowest BCUT2D eigenvalue weighted by atomic mass is 10.1. The Kier molecular flexibility index (Phi) is 4.70. The van der Waals surface area contributed by atoms with Crippen LogP contribution < -0.4 is 4.74 Å². The van der Waals surface area contributed by atoms with Gasteiger partial charge in [-0.15, -0.1) is 0 Å². The Hall–Kier alpha value is -1.22. The van der Waals surface area contributed by atoms with E-state index in [2.05, 4.69) is 0 Å². The van der Waals surface area contributed by atoms with Crippen LogP contribution in [0.5, 0.6) is 5.75 Å². The van der Waals surface area contributed by atoms with Gasteiger partial charge in [0, 0.05) is 5.56 Å². The van der Waals surface area contributed by atoms with Crippen LogP contribution in [0.1, 0.15) is 16.7 Å². The summed E-state index contributed by atoms with van der Waals surface area (Å²) >= 11 is 11.8. The second-order valence-electron chi connectivity index (χ2n) is 4.31. The van der Waals surface area contributed by atoms with Crippen molar-refractivity contribution in [1.82, 2.24) is 0 Å². The van der Waals surface area contributed by atoms with E-state index < -0.39 is 0 Å². The van der Waals surface area contributed by atoms with Crippen LogP contribution in [0.4, 0.5) is 0 Å². The van der Waals surface area contributed by atoms with Crippen molar-refractivity contribution in [3.05, 3.63) is 63.1 Å². The van der Waals surface area contributed by atoms with Gasteiger partial charge in [-0.2, -0.15) is 0 Å². The first kappa shape index (κ1) is 14.2. The van der Waals surface area contributed by atoms with Crippen molar-refractivity contribution in [2.45, 2.75) is 20.1 Å². The lowest BCUT2D eigenvalue weighted by Gasteiger charge is -2.11. The minimum absolute atomic E-state index is 0.0433. The first-order chi connectivity index (χ1) is 9.10. The largest absolute Gasteiger partial charge is 0.489 e. The fourth-order valence-corrected chi connectivity index (χ4v) is 2.08. The minimum Gasteiger partial charge on any atom is -0.489 e. The Balaban J connectivity index is 2.12. The summed E-state index contributed by atoms with van der Waals surface area (Å²) in [6.45, 7) is 2.31. The Morgan fingerprint density at radius 3 is 2.53 bits per heavy atom. The molecule has 4 heteroatoms. The summed E-state index contributed by atoms with van der Waals surface area (Å²) in [5.41, 5.74) is 2.80. The zero-order valence-electron chi connectivity index (χ0n) is 10.5. The van der Waals surface area contributed by atoms with Crippen LogP contribution in [0.3, 0.4) is 0 Å². The van der Waals surface area contributed by atoms with E-state index in [1.807, 2.05) is 31.2 Å². The number of ether oxygens (including phenoxy) is 1. The van der Waals surface area contributed by atoms with Crippen LogP contribution in [0, 0.1) is 6.92 Å². The number of aliphatic hydroxyl groups is 1. The van der Waals surface area contributed by atoms with Crippen molar-refractivity contribution in [1.29, 1.82) is 0 Å². The second-order valence-corrected chi connectivity index (χ2v) is 5.12. The van der Waals surface area contributed by atoms with Gasteiger partial charge in [0.1, 0.15) is 12.4 Å². The lowest BCUT2D eigenvalue weighted by Crippen LogP contribution is -1.99. The highest BCUT2D eigenvalue weighted by Gasteiger charge is 2.05. The molecular formula is C15H14Cl2O2. The summed E-state index contributed by atoms with van der Waals surface area (Å²) in [5, 5.41) is 10.3. The highest BCUT2D eigenvalue weighted by Crippen LogP contribution is 2.25. The molecule has 0 saturated heterocycles. The highest BCUT2D eigenvalue weighted by atomic mass is 35.5. The SMILES string of the molecule is Cc1ccc(OCc2ccc(Cl)c(Cl)c2)c(CO)c1. The summed E-state index contributed by atoms with van der Waals surface area (Å²) < 4.78 is 5.70. The van der Waals surface area contributed by atoms with Crippen LogP contribution in [0.25, 0.3) is 0 Å². The maximum Gasteiger partial charge on any atom is 0.125 e. The standard InChI is InChI=1S/C15H14Cl2O2/c1-10-2-5-15(12(6-10)8-18)19-9-11-3-4-13(16)14(17)7-11/h2-7,18H,8-9H2,1H3. The Labute approximate surface area is 122 Å². The normalized spacial score (nSPS) is 10.5. The molecule has 0 radical (unpaired) electrons. The van der Waals surface area contributed by atoms with E-state index in [4.69, 9.17) is 27.9 Å². The predicted octanol–water partition coefficient (Wildman–Crippen LogP) is 4.37. The van der Waals surface area contributed by atoms with Crippen LogP contribution in [0.2, 0.25) is 10.0 Å². The number of aliphatic hydroxyl groups excluding tert-OH is 1. The minimum atomic E-state index is -0.0433.